The van der Waals surface area contributed by atoms with E-state index >= 15 is 0 Å². The predicted molar refractivity (Wildman–Crippen MR) is 66.9 cm³/mol. The highest BCUT2D eigenvalue weighted by Gasteiger charge is 2.17. The van der Waals surface area contributed by atoms with Crippen molar-refractivity contribution in [1.82, 2.24) is 4.57 Å². The first-order chi connectivity index (χ1) is 7.93. The van der Waals surface area contributed by atoms with Crippen molar-refractivity contribution >= 4 is 17.3 Å². The molecule has 0 saturated heterocycles. The number of aromatic nitrogens is 1. The van der Waals surface area contributed by atoms with E-state index in [2.05, 4.69) is 0 Å². The van der Waals surface area contributed by atoms with Gasteiger partial charge >= 0.3 is 0 Å². The molecule has 0 radical (unpaired) electrons. The van der Waals surface area contributed by atoms with E-state index in [0.29, 0.717) is 5.56 Å². The molecule has 0 saturated carbocycles. The second-order valence-electron chi connectivity index (χ2n) is 4.20. The minimum absolute atomic E-state index is 0.315. The molecule has 0 unspecified atom stereocenters. The van der Waals surface area contributed by atoms with Gasteiger partial charge in [-0.3, -0.25) is 0 Å². The molecule has 0 fully saturated rings. The molecule has 90 valence electrons. The Morgan fingerprint density at radius 1 is 1.18 bits per heavy atom. The summed E-state index contributed by atoms with van der Waals surface area (Å²) >= 11 is 1.50. The standard InChI is InChI=1S/C13H15NO2S/c1-7-5-6-8(2)14(7)12-11(13(15)16)9(3)10(4)17-12/h5-6H,1-4H3,(H,15,16)/p-1. The number of hydrogen-bond donors (Lipinski definition) is 0. The Kier molecular flexibility index (Phi) is 2.83. The number of rotatable bonds is 2. The highest BCUT2D eigenvalue weighted by atomic mass is 32.1. The first-order valence-corrected chi connectivity index (χ1v) is 6.21. The number of nitrogens with zero attached hydrogens (tertiary/aromatic N) is 1. The van der Waals surface area contributed by atoms with E-state index in [1.165, 1.54) is 11.3 Å². The normalized spacial score (nSPS) is 10.8. The van der Waals surface area contributed by atoms with E-state index in [9.17, 15) is 9.90 Å². The molecule has 4 heteroatoms. The Bertz CT molecular complexity index is 573. The van der Waals surface area contributed by atoms with E-state index < -0.39 is 5.97 Å². The number of carbonyl (C=O) groups excluding carboxylic acids is 1. The minimum Gasteiger partial charge on any atom is -0.545 e. The van der Waals surface area contributed by atoms with Gasteiger partial charge in [0.05, 0.1) is 5.97 Å². The van der Waals surface area contributed by atoms with E-state index in [4.69, 9.17) is 0 Å². The van der Waals surface area contributed by atoms with Crippen LogP contribution in [0.25, 0.3) is 5.00 Å². The van der Waals surface area contributed by atoms with Gasteiger partial charge in [-0.2, -0.15) is 0 Å². The number of thiophene rings is 1. The van der Waals surface area contributed by atoms with Crippen molar-refractivity contribution < 1.29 is 9.90 Å². The van der Waals surface area contributed by atoms with Gasteiger partial charge in [-0.05, 0) is 45.4 Å². The highest BCUT2D eigenvalue weighted by Crippen LogP contribution is 2.32. The van der Waals surface area contributed by atoms with Gasteiger partial charge in [0, 0.05) is 21.8 Å². The number of aryl methyl sites for hydroxylation is 3. The van der Waals surface area contributed by atoms with Crippen LogP contribution in [0.3, 0.4) is 0 Å². The highest BCUT2D eigenvalue weighted by molar-refractivity contribution is 7.15. The SMILES string of the molecule is Cc1sc(-n2c(C)ccc2C)c(C(=O)[O-])c1C. The molecular weight excluding hydrogens is 234 g/mol. The largest absolute Gasteiger partial charge is 0.545 e. The summed E-state index contributed by atoms with van der Waals surface area (Å²) in [5, 5.41) is 12.0. The van der Waals surface area contributed by atoms with Gasteiger partial charge in [0.15, 0.2) is 0 Å². The van der Waals surface area contributed by atoms with Crippen LogP contribution in [0.4, 0.5) is 0 Å². The summed E-state index contributed by atoms with van der Waals surface area (Å²) in [4.78, 5) is 12.3. The summed E-state index contributed by atoms with van der Waals surface area (Å²) in [7, 11) is 0. The topological polar surface area (TPSA) is 45.1 Å². The predicted octanol–water partition coefficient (Wildman–Crippen LogP) is 2.14. The average molecular weight is 248 g/mol. The van der Waals surface area contributed by atoms with Crippen LogP contribution in [0.15, 0.2) is 12.1 Å². The van der Waals surface area contributed by atoms with E-state index in [1.54, 1.807) is 0 Å². The molecule has 17 heavy (non-hydrogen) atoms. The Labute approximate surface area is 104 Å². The van der Waals surface area contributed by atoms with E-state index in [1.807, 2.05) is 44.4 Å². The molecule has 0 aliphatic heterocycles. The van der Waals surface area contributed by atoms with Crippen molar-refractivity contribution in [3.63, 3.8) is 0 Å². The summed E-state index contributed by atoms with van der Waals surface area (Å²) in [5.41, 5.74) is 3.19. The molecule has 2 heterocycles. The molecule has 0 aliphatic rings. The molecule has 2 rings (SSSR count). The molecular formula is C13H14NO2S-. The molecule has 0 atom stereocenters. The zero-order valence-electron chi connectivity index (χ0n) is 10.3. The summed E-state index contributed by atoms with van der Waals surface area (Å²) < 4.78 is 1.97. The molecule has 0 spiro atoms. The summed E-state index contributed by atoms with van der Waals surface area (Å²) in [5.74, 6) is -1.10. The van der Waals surface area contributed by atoms with Crippen molar-refractivity contribution in [2.75, 3.05) is 0 Å². The number of carboxylic acids is 1. The molecule has 0 amide bonds. The molecule has 0 N–H and O–H groups in total. The van der Waals surface area contributed by atoms with Gasteiger partial charge in [-0.1, -0.05) is 0 Å². The third-order valence-corrected chi connectivity index (χ3v) is 4.24. The Hall–Kier alpha value is -1.55. The second-order valence-corrected chi connectivity index (χ2v) is 5.41. The zero-order valence-corrected chi connectivity index (χ0v) is 11.1. The molecule has 2 aromatic heterocycles. The lowest BCUT2D eigenvalue weighted by atomic mass is 10.1. The van der Waals surface area contributed by atoms with Crippen LogP contribution in [0.2, 0.25) is 0 Å². The van der Waals surface area contributed by atoms with Crippen molar-refractivity contribution in [2.24, 2.45) is 0 Å². The van der Waals surface area contributed by atoms with Crippen LogP contribution in [-0.2, 0) is 0 Å². The maximum Gasteiger partial charge on any atom is 0.109 e. The van der Waals surface area contributed by atoms with Gasteiger partial charge in [-0.25, -0.2) is 0 Å². The lowest BCUT2D eigenvalue weighted by Crippen LogP contribution is -2.24. The van der Waals surface area contributed by atoms with Gasteiger partial charge in [-0.15, -0.1) is 11.3 Å². The molecule has 2 aromatic rings. The van der Waals surface area contributed by atoms with Gasteiger partial charge < -0.3 is 14.5 Å². The van der Waals surface area contributed by atoms with Crippen LogP contribution in [0, 0.1) is 27.7 Å². The van der Waals surface area contributed by atoms with Crippen LogP contribution in [-0.4, -0.2) is 10.5 Å². The van der Waals surface area contributed by atoms with E-state index in [0.717, 1.165) is 26.8 Å². The van der Waals surface area contributed by atoms with E-state index in [-0.39, 0.29) is 0 Å². The minimum atomic E-state index is -1.10. The number of aromatic carboxylic acids is 1. The molecule has 0 aromatic carbocycles. The quantitative estimate of drug-likeness (QED) is 0.817. The van der Waals surface area contributed by atoms with Crippen LogP contribution >= 0.6 is 11.3 Å². The van der Waals surface area contributed by atoms with Crippen LogP contribution < -0.4 is 5.11 Å². The summed E-state index contributed by atoms with van der Waals surface area (Å²) in [6, 6.07) is 3.97. The first-order valence-electron chi connectivity index (χ1n) is 5.40. The fraction of sp³-hybridized carbons (Fsp3) is 0.308. The van der Waals surface area contributed by atoms with Gasteiger partial charge in [0.25, 0.3) is 0 Å². The Morgan fingerprint density at radius 3 is 2.18 bits per heavy atom. The maximum absolute atomic E-state index is 11.3. The monoisotopic (exact) mass is 248 g/mol. The number of hydrogen-bond acceptors (Lipinski definition) is 3. The number of carbonyl (C=O) groups is 1. The summed E-state index contributed by atoms with van der Waals surface area (Å²) in [6.07, 6.45) is 0. The Balaban J connectivity index is 2.76. The van der Waals surface area contributed by atoms with Crippen molar-refractivity contribution in [1.29, 1.82) is 0 Å². The molecule has 0 aliphatic carbocycles. The number of carboxylic acid groups (broad SMARTS) is 1. The summed E-state index contributed by atoms with van der Waals surface area (Å²) in [6.45, 7) is 7.70. The molecule has 3 nitrogen and oxygen atoms in total. The van der Waals surface area contributed by atoms with Crippen LogP contribution in [0.1, 0.15) is 32.2 Å². The third-order valence-electron chi connectivity index (χ3n) is 3.05. The maximum atomic E-state index is 11.3. The van der Waals surface area contributed by atoms with Crippen molar-refractivity contribution in [3.05, 3.63) is 39.5 Å². The zero-order chi connectivity index (χ0) is 12.7. The second kappa shape index (κ2) is 4.04. The first kappa shape index (κ1) is 11.9. The fourth-order valence-corrected chi connectivity index (χ4v) is 3.26. The fourth-order valence-electron chi connectivity index (χ4n) is 2.00. The van der Waals surface area contributed by atoms with Crippen molar-refractivity contribution in [2.45, 2.75) is 27.7 Å². The third kappa shape index (κ3) is 1.78. The van der Waals surface area contributed by atoms with Crippen LogP contribution in [0.5, 0.6) is 0 Å². The smallest absolute Gasteiger partial charge is 0.109 e. The lowest BCUT2D eigenvalue weighted by molar-refractivity contribution is -0.255. The van der Waals surface area contributed by atoms with Gasteiger partial charge in [0.1, 0.15) is 5.00 Å². The Morgan fingerprint density at radius 2 is 1.71 bits per heavy atom. The molecule has 0 bridgehead atoms. The lowest BCUT2D eigenvalue weighted by Gasteiger charge is -2.11. The van der Waals surface area contributed by atoms with Gasteiger partial charge in [0.2, 0.25) is 0 Å². The average Bonchev–Trinajstić information content (AvgIpc) is 2.69. The van der Waals surface area contributed by atoms with Crippen molar-refractivity contribution in [3.8, 4) is 5.00 Å².